The van der Waals surface area contributed by atoms with Crippen molar-refractivity contribution in [1.29, 1.82) is 0 Å². The molecular weight excluding hydrogens is 426 g/mol. The molecule has 0 atom stereocenters. The third-order valence-electron chi connectivity index (χ3n) is 7.13. The molecule has 3 N–H and O–H groups in total. The predicted molar refractivity (Wildman–Crippen MR) is 131 cm³/mol. The highest BCUT2D eigenvalue weighted by Gasteiger charge is 2.26. The summed E-state index contributed by atoms with van der Waals surface area (Å²) in [7, 11) is 0. The minimum absolute atomic E-state index is 0.0183. The molecule has 1 amide bonds. The van der Waals surface area contributed by atoms with Crippen molar-refractivity contribution in [2.45, 2.75) is 31.7 Å². The van der Waals surface area contributed by atoms with Crippen molar-refractivity contribution >= 4 is 17.1 Å². The first-order valence-electron chi connectivity index (χ1n) is 11.9. The summed E-state index contributed by atoms with van der Waals surface area (Å²) in [6.45, 7) is 3.34. The van der Waals surface area contributed by atoms with E-state index in [1.807, 2.05) is 11.1 Å². The fourth-order valence-electron chi connectivity index (χ4n) is 5.21. The van der Waals surface area contributed by atoms with Gasteiger partial charge in [0.15, 0.2) is 5.65 Å². The Morgan fingerprint density at radius 2 is 1.85 bits per heavy atom. The zero-order valence-corrected chi connectivity index (χ0v) is 18.9. The number of aromatic nitrogens is 3. The fourth-order valence-corrected chi connectivity index (χ4v) is 5.21. The van der Waals surface area contributed by atoms with E-state index in [1.54, 1.807) is 24.3 Å². The molecule has 0 bridgehead atoms. The van der Waals surface area contributed by atoms with Crippen LogP contribution < -0.4 is 5.32 Å². The molecular formula is C27H27N5O2. The van der Waals surface area contributed by atoms with Crippen LogP contribution in [0.2, 0.25) is 0 Å². The van der Waals surface area contributed by atoms with Crippen molar-refractivity contribution in [2.75, 3.05) is 19.6 Å². The lowest BCUT2D eigenvalue weighted by Crippen LogP contribution is -2.37. The van der Waals surface area contributed by atoms with E-state index in [0.29, 0.717) is 24.6 Å². The normalized spacial score (nSPS) is 16.5. The maximum absolute atomic E-state index is 12.8. The summed E-state index contributed by atoms with van der Waals surface area (Å²) >= 11 is 0. The van der Waals surface area contributed by atoms with E-state index in [4.69, 9.17) is 4.98 Å². The summed E-state index contributed by atoms with van der Waals surface area (Å²) in [5.74, 6) is 1.39. The van der Waals surface area contributed by atoms with E-state index in [0.717, 1.165) is 54.9 Å². The second-order valence-electron chi connectivity index (χ2n) is 9.21. The number of benzene rings is 2. The molecule has 7 heteroatoms. The number of aromatic hydroxyl groups is 1. The van der Waals surface area contributed by atoms with Crippen molar-refractivity contribution in [3.8, 4) is 17.1 Å². The zero-order valence-electron chi connectivity index (χ0n) is 18.9. The number of hydrogen-bond acceptors (Lipinski definition) is 5. The van der Waals surface area contributed by atoms with Crippen molar-refractivity contribution in [2.24, 2.45) is 0 Å². The Bertz CT molecular complexity index is 1350. The van der Waals surface area contributed by atoms with E-state index >= 15 is 0 Å². The Morgan fingerprint density at radius 3 is 2.68 bits per heavy atom. The topological polar surface area (TPSA) is 94.1 Å². The molecule has 0 unspecified atom stereocenters. The average Bonchev–Trinajstić information content (AvgIpc) is 3.33. The molecule has 1 fully saturated rings. The van der Waals surface area contributed by atoms with Crippen molar-refractivity contribution in [1.82, 2.24) is 25.2 Å². The van der Waals surface area contributed by atoms with Gasteiger partial charge in [0.05, 0.1) is 5.52 Å². The molecule has 2 aromatic heterocycles. The van der Waals surface area contributed by atoms with Crippen LogP contribution in [0.4, 0.5) is 0 Å². The van der Waals surface area contributed by atoms with Crippen LogP contribution in [0.25, 0.3) is 22.6 Å². The van der Waals surface area contributed by atoms with E-state index in [1.165, 1.54) is 16.7 Å². The Morgan fingerprint density at radius 1 is 1.03 bits per heavy atom. The van der Waals surface area contributed by atoms with Gasteiger partial charge in [-0.3, -0.25) is 4.79 Å². The first kappa shape index (κ1) is 20.9. The lowest BCUT2D eigenvalue weighted by Gasteiger charge is -2.32. The van der Waals surface area contributed by atoms with Gasteiger partial charge in [-0.05, 0) is 84.8 Å². The summed E-state index contributed by atoms with van der Waals surface area (Å²) in [4.78, 5) is 27.6. The number of aromatic amines is 1. The number of H-pyrrole nitrogens is 1. The van der Waals surface area contributed by atoms with Crippen LogP contribution in [-0.2, 0) is 13.0 Å². The molecule has 2 aromatic carbocycles. The number of piperidine rings is 1. The summed E-state index contributed by atoms with van der Waals surface area (Å²) in [5, 5.41) is 12.9. The monoisotopic (exact) mass is 453 g/mol. The van der Waals surface area contributed by atoms with Gasteiger partial charge in [-0.25, -0.2) is 9.97 Å². The van der Waals surface area contributed by atoms with E-state index in [2.05, 4.69) is 39.6 Å². The van der Waals surface area contributed by atoms with Gasteiger partial charge in [0.25, 0.3) is 5.91 Å². The number of likely N-dealkylation sites (tertiary alicyclic amines) is 1. The number of pyridine rings is 1. The molecule has 6 rings (SSSR count). The molecule has 0 aliphatic carbocycles. The third kappa shape index (κ3) is 3.82. The summed E-state index contributed by atoms with van der Waals surface area (Å²) in [6, 6.07) is 15.1. The van der Waals surface area contributed by atoms with Crippen LogP contribution in [0.3, 0.4) is 0 Å². The van der Waals surface area contributed by atoms with Crippen LogP contribution in [0.1, 0.15) is 45.8 Å². The van der Waals surface area contributed by atoms with Gasteiger partial charge in [0, 0.05) is 37.0 Å². The second-order valence-corrected chi connectivity index (χ2v) is 9.21. The van der Waals surface area contributed by atoms with E-state index in [-0.39, 0.29) is 11.7 Å². The Labute approximate surface area is 197 Å². The second kappa shape index (κ2) is 8.57. The van der Waals surface area contributed by atoms with Gasteiger partial charge in [0.1, 0.15) is 11.6 Å². The number of hydrogen-bond donors (Lipinski definition) is 3. The minimum Gasteiger partial charge on any atom is -0.508 e. The van der Waals surface area contributed by atoms with Crippen molar-refractivity contribution in [3.63, 3.8) is 0 Å². The Hall–Kier alpha value is -3.71. The smallest absolute Gasteiger partial charge is 0.253 e. The number of amides is 1. The number of nitrogens with one attached hydrogen (secondary N) is 2. The van der Waals surface area contributed by atoms with Gasteiger partial charge in [0.2, 0.25) is 0 Å². The van der Waals surface area contributed by atoms with E-state index in [9.17, 15) is 9.90 Å². The van der Waals surface area contributed by atoms with Crippen LogP contribution in [-0.4, -0.2) is 50.5 Å². The number of carbonyl (C=O) groups excluding carboxylic acids is 1. The third-order valence-corrected chi connectivity index (χ3v) is 7.13. The van der Waals surface area contributed by atoms with Gasteiger partial charge in [-0.1, -0.05) is 12.1 Å². The summed E-state index contributed by atoms with van der Waals surface area (Å²) in [5.41, 5.74) is 7.42. The lowest BCUT2D eigenvalue weighted by molar-refractivity contribution is 0.0713. The first-order chi connectivity index (χ1) is 16.7. The molecule has 4 aromatic rings. The van der Waals surface area contributed by atoms with Crippen LogP contribution >= 0.6 is 0 Å². The predicted octanol–water partition coefficient (Wildman–Crippen LogP) is 4.00. The number of nitrogens with zero attached hydrogens (tertiary/aromatic N) is 3. The average molecular weight is 454 g/mol. The number of imidazole rings is 1. The standard InChI is InChI=1S/C27H27N5O2/c33-22-5-3-18(4-6-22)27(34)32-13-9-17(10-14-32)23-8-12-29-26-24(23)30-25(31-26)20-1-2-21-16-28-11-7-19(21)15-20/h1-6,8,12,15,17,28,33H,7,9-11,13-14,16H2,(H,29,30,31). The lowest BCUT2D eigenvalue weighted by atomic mass is 9.89. The molecule has 0 saturated carbocycles. The zero-order chi connectivity index (χ0) is 23.1. The Balaban J connectivity index is 1.22. The van der Waals surface area contributed by atoms with Gasteiger partial charge in [-0.2, -0.15) is 0 Å². The summed E-state index contributed by atoms with van der Waals surface area (Å²) < 4.78 is 0. The quantitative estimate of drug-likeness (QED) is 0.436. The summed E-state index contributed by atoms with van der Waals surface area (Å²) in [6.07, 6.45) is 4.66. The highest BCUT2D eigenvalue weighted by Crippen LogP contribution is 2.33. The molecule has 7 nitrogen and oxygen atoms in total. The van der Waals surface area contributed by atoms with Crippen molar-refractivity contribution < 1.29 is 9.90 Å². The number of phenolic OH excluding ortho intramolecular Hbond substituents is 1. The molecule has 2 aliphatic rings. The maximum Gasteiger partial charge on any atom is 0.253 e. The molecule has 0 radical (unpaired) electrons. The van der Waals surface area contributed by atoms with E-state index < -0.39 is 0 Å². The van der Waals surface area contributed by atoms with Crippen LogP contribution in [0, 0.1) is 0 Å². The molecule has 1 saturated heterocycles. The van der Waals surface area contributed by atoms with Crippen LogP contribution in [0.5, 0.6) is 5.75 Å². The maximum atomic E-state index is 12.8. The highest BCUT2D eigenvalue weighted by molar-refractivity contribution is 5.94. The number of phenols is 1. The molecule has 34 heavy (non-hydrogen) atoms. The number of carbonyl (C=O) groups is 1. The highest BCUT2D eigenvalue weighted by atomic mass is 16.3. The largest absolute Gasteiger partial charge is 0.508 e. The van der Waals surface area contributed by atoms with Gasteiger partial charge < -0.3 is 20.3 Å². The molecule has 0 spiro atoms. The molecule has 172 valence electrons. The van der Waals surface area contributed by atoms with Crippen LogP contribution in [0.15, 0.2) is 54.7 Å². The Kier molecular flexibility index (Phi) is 5.26. The molecule has 4 heterocycles. The van der Waals surface area contributed by atoms with Gasteiger partial charge >= 0.3 is 0 Å². The number of rotatable bonds is 3. The van der Waals surface area contributed by atoms with Gasteiger partial charge in [-0.15, -0.1) is 0 Å². The van der Waals surface area contributed by atoms with Crippen molar-refractivity contribution in [3.05, 3.63) is 77.0 Å². The number of fused-ring (bicyclic) bond motifs is 2. The SMILES string of the molecule is O=C(c1ccc(O)cc1)N1CCC(c2ccnc3nc(-c4ccc5c(c4)CCNC5)[nH]c23)CC1. The minimum atomic E-state index is 0.0183. The fraction of sp³-hybridized carbons (Fsp3) is 0.296. The first-order valence-corrected chi connectivity index (χ1v) is 11.9. The molecule has 2 aliphatic heterocycles.